The van der Waals surface area contributed by atoms with Crippen LogP contribution in [0.2, 0.25) is 0 Å². The fraction of sp³-hybridized carbons (Fsp3) is 0.750. The van der Waals surface area contributed by atoms with E-state index >= 15 is 0 Å². The molecule has 2 atom stereocenters. The lowest BCUT2D eigenvalue weighted by molar-refractivity contribution is -0.181. The lowest BCUT2D eigenvalue weighted by atomic mass is 9.77. The third-order valence-electron chi connectivity index (χ3n) is 7.13. The summed E-state index contributed by atoms with van der Waals surface area (Å²) in [6.45, 7) is 25.4. The molecule has 1 N–H and O–H groups in total. The maximum atomic E-state index is 13.3. The molecule has 0 aliphatic carbocycles. The number of hydrogen-bond acceptors (Lipinski definition) is 4. The smallest absolute Gasteiger partial charge is 0.314 e. The number of likely N-dealkylation sites (tertiary alicyclic amines) is 1. The highest BCUT2D eigenvalue weighted by Gasteiger charge is 2.45. The van der Waals surface area contributed by atoms with Gasteiger partial charge in [-0.25, -0.2) is 0 Å². The molecule has 1 aliphatic rings. The predicted molar refractivity (Wildman–Crippen MR) is 133 cm³/mol. The summed E-state index contributed by atoms with van der Waals surface area (Å²) in [4.78, 5) is 15.7. The second kappa shape index (κ2) is 8.66. The lowest BCUT2D eigenvalue weighted by Gasteiger charge is -2.54. The Morgan fingerprint density at radius 1 is 0.938 bits per heavy atom. The van der Waals surface area contributed by atoms with Crippen LogP contribution in [0.1, 0.15) is 125 Å². The maximum absolute atomic E-state index is 13.3. The summed E-state index contributed by atoms with van der Waals surface area (Å²) in [5.41, 5.74) is 2.10. The molecular formula is C28H47NO3. The summed E-state index contributed by atoms with van der Waals surface area (Å²) in [5.74, 6) is -0.309. The van der Waals surface area contributed by atoms with E-state index in [9.17, 15) is 9.90 Å². The summed E-state index contributed by atoms with van der Waals surface area (Å²) in [5, 5.41) is 11.0. The van der Waals surface area contributed by atoms with Crippen molar-refractivity contribution in [3.63, 3.8) is 0 Å². The molecule has 1 fully saturated rings. The minimum atomic E-state index is -0.420. The molecule has 182 valence electrons. The van der Waals surface area contributed by atoms with Gasteiger partial charge in [-0.15, -0.1) is 0 Å². The lowest BCUT2D eigenvalue weighted by Crippen LogP contribution is -2.62. The number of ether oxygens (including phenoxy) is 1. The van der Waals surface area contributed by atoms with Gasteiger partial charge in [-0.2, -0.15) is 0 Å². The zero-order chi connectivity index (χ0) is 24.9. The SMILES string of the molecule is CC(C(=O)OC(C)N1C(C)(C)CCCC1(C)C)c1cc(C(C)(C)C)c(O)c(C(C)(C)C)c1. The van der Waals surface area contributed by atoms with Crippen LogP contribution < -0.4 is 0 Å². The molecule has 0 radical (unpaired) electrons. The Morgan fingerprint density at radius 3 is 1.72 bits per heavy atom. The molecule has 0 saturated carbocycles. The molecule has 1 aromatic carbocycles. The standard InChI is InChI=1S/C28H47NO3/c1-18(20-16-21(25(3,4)5)23(30)22(17-20)26(6,7)8)24(31)32-19(2)29-27(9,10)14-13-15-28(29,11)12/h16-19,30H,13-15H2,1-12H3. The van der Waals surface area contributed by atoms with E-state index in [2.05, 4.69) is 74.1 Å². The molecule has 2 rings (SSSR count). The highest BCUT2D eigenvalue weighted by atomic mass is 16.6. The molecule has 1 heterocycles. The molecule has 2 unspecified atom stereocenters. The second-order valence-corrected chi connectivity index (χ2v) is 13.1. The topological polar surface area (TPSA) is 49.8 Å². The van der Waals surface area contributed by atoms with Crippen LogP contribution in [0.25, 0.3) is 0 Å². The Kier molecular flexibility index (Phi) is 7.23. The van der Waals surface area contributed by atoms with Gasteiger partial charge in [-0.3, -0.25) is 9.69 Å². The Labute approximate surface area is 196 Å². The van der Waals surface area contributed by atoms with Crippen LogP contribution in [0.3, 0.4) is 0 Å². The number of phenolic OH excluding ortho intramolecular Hbond substituents is 1. The van der Waals surface area contributed by atoms with Crippen molar-refractivity contribution in [1.29, 1.82) is 0 Å². The molecule has 1 aliphatic heterocycles. The van der Waals surface area contributed by atoms with Gasteiger partial charge in [0.1, 0.15) is 5.75 Å². The van der Waals surface area contributed by atoms with E-state index < -0.39 is 5.92 Å². The van der Waals surface area contributed by atoms with Crippen molar-refractivity contribution in [2.24, 2.45) is 0 Å². The first-order valence-electron chi connectivity index (χ1n) is 12.2. The first-order valence-corrected chi connectivity index (χ1v) is 12.2. The number of benzene rings is 1. The van der Waals surface area contributed by atoms with Crippen molar-refractivity contribution < 1.29 is 14.6 Å². The quantitative estimate of drug-likeness (QED) is 0.506. The number of hydrogen-bond donors (Lipinski definition) is 1. The third kappa shape index (κ3) is 5.50. The average molecular weight is 446 g/mol. The minimum absolute atomic E-state index is 0.0258. The third-order valence-corrected chi connectivity index (χ3v) is 7.13. The van der Waals surface area contributed by atoms with Crippen LogP contribution in [0, 0.1) is 0 Å². The highest BCUT2D eigenvalue weighted by Crippen LogP contribution is 2.42. The summed E-state index contributed by atoms with van der Waals surface area (Å²) >= 11 is 0. The number of aromatic hydroxyl groups is 1. The van der Waals surface area contributed by atoms with Crippen LogP contribution >= 0.6 is 0 Å². The molecule has 0 amide bonds. The summed E-state index contributed by atoms with van der Waals surface area (Å²) < 4.78 is 6.08. The van der Waals surface area contributed by atoms with Crippen LogP contribution in [-0.4, -0.2) is 33.3 Å². The van der Waals surface area contributed by atoms with Gasteiger partial charge in [-0.1, -0.05) is 53.7 Å². The van der Waals surface area contributed by atoms with Gasteiger partial charge in [-0.05, 0) is 88.3 Å². The second-order valence-electron chi connectivity index (χ2n) is 13.1. The molecular weight excluding hydrogens is 398 g/mol. The van der Waals surface area contributed by atoms with Crippen LogP contribution in [0.5, 0.6) is 5.75 Å². The van der Waals surface area contributed by atoms with E-state index in [4.69, 9.17) is 4.74 Å². The normalized spacial score (nSPS) is 21.1. The van der Waals surface area contributed by atoms with Crippen molar-refractivity contribution in [1.82, 2.24) is 4.90 Å². The zero-order valence-corrected chi connectivity index (χ0v) is 22.6. The van der Waals surface area contributed by atoms with Gasteiger partial charge in [0.05, 0.1) is 5.92 Å². The Bertz CT molecular complexity index is 788. The summed E-state index contributed by atoms with van der Waals surface area (Å²) in [6, 6.07) is 3.96. The molecule has 32 heavy (non-hydrogen) atoms. The van der Waals surface area contributed by atoms with E-state index in [0.29, 0.717) is 5.75 Å². The van der Waals surface area contributed by atoms with Gasteiger partial charge in [0, 0.05) is 11.1 Å². The van der Waals surface area contributed by atoms with E-state index in [-0.39, 0.29) is 34.1 Å². The number of rotatable bonds is 4. The van der Waals surface area contributed by atoms with Crippen LogP contribution in [0.15, 0.2) is 12.1 Å². The van der Waals surface area contributed by atoms with Crippen molar-refractivity contribution >= 4 is 5.97 Å². The van der Waals surface area contributed by atoms with Crippen molar-refractivity contribution in [2.45, 2.75) is 136 Å². The molecule has 1 aromatic rings. The number of carbonyl (C=O) groups excluding carboxylic acids is 1. The largest absolute Gasteiger partial charge is 0.507 e. The Hall–Kier alpha value is -1.55. The van der Waals surface area contributed by atoms with Crippen LogP contribution in [0.4, 0.5) is 0 Å². The van der Waals surface area contributed by atoms with Gasteiger partial charge in [0.15, 0.2) is 6.23 Å². The monoisotopic (exact) mass is 445 g/mol. The Morgan fingerprint density at radius 2 is 1.34 bits per heavy atom. The van der Waals surface area contributed by atoms with Gasteiger partial charge < -0.3 is 9.84 Å². The summed E-state index contributed by atoms with van der Waals surface area (Å²) in [7, 11) is 0. The van der Waals surface area contributed by atoms with E-state index in [0.717, 1.165) is 29.5 Å². The highest BCUT2D eigenvalue weighted by molar-refractivity contribution is 5.78. The fourth-order valence-electron chi connectivity index (χ4n) is 5.51. The van der Waals surface area contributed by atoms with E-state index in [1.807, 2.05) is 26.0 Å². The fourth-order valence-corrected chi connectivity index (χ4v) is 5.51. The van der Waals surface area contributed by atoms with Gasteiger partial charge >= 0.3 is 5.97 Å². The molecule has 4 nitrogen and oxygen atoms in total. The molecule has 4 heteroatoms. The zero-order valence-electron chi connectivity index (χ0n) is 22.6. The molecule has 0 bridgehead atoms. The van der Waals surface area contributed by atoms with Crippen LogP contribution in [-0.2, 0) is 20.4 Å². The number of piperidine rings is 1. The number of carbonyl (C=O) groups is 1. The maximum Gasteiger partial charge on any atom is 0.314 e. The van der Waals surface area contributed by atoms with Crippen molar-refractivity contribution in [2.75, 3.05) is 0 Å². The average Bonchev–Trinajstić information content (AvgIpc) is 2.57. The van der Waals surface area contributed by atoms with Crippen molar-refractivity contribution in [3.05, 3.63) is 28.8 Å². The van der Waals surface area contributed by atoms with E-state index in [1.54, 1.807) is 0 Å². The predicted octanol–water partition coefficient (Wildman–Crippen LogP) is 7.02. The Balaban J connectivity index is 2.38. The number of nitrogens with zero attached hydrogens (tertiary/aromatic N) is 1. The molecule has 0 spiro atoms. The van der Waals surface area contributed by atoms with Gasteiger partial charge in [0.25, 0.3) is 0 Å². The minimum Gasteiger partial charge on any atom is -0.507 e. The number of esters is 1. The first-order chi connectivity index (χ1) is 14.3. The first kappa shape index (κ1) is 26.7. The molecule has 1 saturated heterocycles. The van der Waals surface area contributed by atoms with E-state index in [1.165, 1.54) is 6.42 Å². The summed E-state index contributed by atoms with van der Waals surface area (Å²) in [6.07, 6.45) is 3.06. The molecule has 0 aromatic heterocycles. The van der Waals surface area contributed by atoms with Crippen molar-refractivity contribution in [3.8, 4) is 5.75 Å². The number of phenols is 1. The van der Waals surface area contributed by atoms with Gasteiger partial charge in [0.2, 0.25) is 0 Å².